The van der Waals surface area contributed by atoms with Gasteiger partial charge in [0.25, 0.3) is 5.91 Å². The van der Waals surface area contributed by atoms with Gasteiger partial charge in [-0.25, -0.2) is 4.39 Å². The molecule has 1 amide bonds. The Kier molecular flexibility index (Phi) is 8.82. The molecule has 3 aromatic rings. The van der Waals surface area contributed by atoms with Gasteiger partial charge in [0.2, 0.25) is 0 Å². The number of nitrogens with zero attached hydrogens (tertiary/aromatic N) is 2. The van der Waals surface area contributed by atoms with Crippen molar-refractivity contribution in [1.29, 1.82) is 0 Å². The first-order chi connectivity index (χ1) is 17.8. The fraction of sp³-hybridized carbons (Fsp3) is 0.276. The van der Waals surface area contributed by atoms with Gasteiger partial charge in [-0.15, -0.1) is 0 Å². The molecule has 8 heteroatoms. The van der Waals surface area contributed by atoms with Crippen LogP contribution in [-0.2, 0) is 11.2 Å². The number of aliphatic imine (C=N–C) groups is 1. The van der Waals surface area contributed by atoms with E-state index in [0.717, 1.165) is 11.1 Å². The fourth-order valence-corrected chi connectivity index (χ4v) is 4.20. The van der Waals surface area contributed by atoms with Gasteiger partial charge in [-0.05, 0) is 67.5 Å². The second-order valence-electron chi connectivity index (χ2n) is 9.09. The molecule has 1 aliphatic rings. The van der Waals surface area contributed by atoms with Crippen LogP contribution in [0.4, 0.5) is 4.39 Å². The molecular weight excluding hydrogens is 493 g/mol. The quantitative estimate of drug-likeness (QED) is 0.398. The first-order valence-electron chi connectivity index (χ1n) is 12.1. The zero-order valence-electron chi connectivity index (χ0n) is 20.7. The van der Waals surface area contributed by atoms with Crippen molar-refractivity contribution in [2.45, 2.75) is 38.5 Å². The summed E-state index contributed by atoms with van der Waals surface area (Å²) in [5.74, 6) is -1.07. The summed E-state index contributed by atoms with van der Waals surface area (Å²) in [6.45, 7) is 4.13. The van der Waals surface area contributed by atoms with Gasteiger partial charge in [-0.3, -0.25) is 14.8 Å². The lowest BCUT2D eigenvalue weighted by Gasteiger charge is -2.25. The van der Waals surface area contributed by atoms with Crippen LogP contribution in [0.5, 0.6) is 0 Å². The van der Waals surface area contributed by atoms with Crippen molar-refractivity contribution in [3.63, 3.8) is 0 Å². The number of aliphatic hydroxyl groups excluding tert-OH is 1. The second kappa shape index (κ2) is 12.2. The SMILES string of the molecule is CC(C)OC[C@@H](O)[C@@H](Cc1ccccn1)NC(=O)c1cccc(F)c1C1=NCC(c2ccc(Cl)cc2)=C1. The molecule has 1 aromatic heterocycles. The summed E-state index contributed by atoms with van der Waals surface area (Å²) >= 11 is 6.00. The minimum atomic E-state index is -0.995. The van der Waals surface area contributed by atoms with Crippen LogP contribution in [0.25, 0.3) is 5.57 Å². The smallest absolute Gasteiger partial charge is 0.252 e. The Bertz CT molecular complexity index is 1290. The van der Waals surface area contributed by atoms with E-state index in [9.17, 15) is 9.90 Å². The van der Waals surface area contributed by atoms with E-state index >= 15 is 4.39 Å². The minimum Gasteiger partial charge on any atom is -0.389 e. The van der Waals surface area contributed by atoms with E-state index in [2.05, 4.69) is 15.3 Å². The number of hydrogen-bond donors (Lipinski definition) is 2. The molecule has 1 aliphatic heterocycles. The van der Waals surface area contributed by atoms with Crippen LogP contribution in [0.15, 0.2) is 77.9 Å². The van der Waals surface area contributed by atoms with Crippen molar-refractivity contribution < 1.29 is 19.0 Å². The number of hydrogen-bond acceptors (Lipinski definition) is 5. The Balaban J connectivity index is 1.59. The van der Waals surface area contributed by atoms with Gasteiger partial charge >= 0.3 is 0 Å². The number of carbonyl (C=O) groups excluding carboxylic acids is 1. The second-order valence-corrected chi connectivity index (χ2v) is 9.53. The maximum atomic E-state index is 15.1. The van der Waals surface area contributed by atoms with Gasteiger partial charge in [0.1, 0.15) is 5.82 Å². The number of ether oxygens (including phenoxy) is 1. The number of allylic oxidation sites excluding steroid dienone is 1. The number of aliphatic hydroxyl groups is 1. The molecule has 2 heterocycles. The van der Waals surface area contributed by atoms with Gasteiger partial charge in [0, 0.05) is 28.9 Å². The molecule has 0 spiro atoms. The third kappa shape index (κ3) is 6.89. The molecule has 2 atom stereocenters. The van der Waals surface area contributed by atoms with E-state index in [0.29, 0.717) is 23.0 Å². The van der Waals surface area contributed by atoms with Crippen molar-refractivity contribution >= 4 is 28.8 Å². The Morgan fingerprint density at radius 3 is 2.62 bits per heavy atom. The lowest BCUT2D eigenvalue weighted by Crippen LogP contribution is -2.47. The summed E-state index contributed by atoms with van der Waals surface area (Å²) in [6, 6.07) is 16.4. The molecule has 37 heavy (non-hydrogen) atoms. The number of benzene rings is 2. The van der Waals surface area contributed by atoms with E-state index in [1.54, 1.807) is 36.5 Å². The highest BCUT2D eigenvalue weighted by Crippen LogP contribution is 2.26. The Morgan fingerprint density at radius 2 is 1.92 bits per heavy atom. The highest BCUT2D eigenvalue weighted by Gasteiger charge is 2.27. The highest BCUT2D eigenvalue weighted by molar-refractivity contribution is 6.30. The van der Waals surface area contributed by atoms with Crippen LogP contribution in [0, 0.1) is 5.82 Å². The summed E-state index contributed by atoms with van der Waals surface area (Å²) in [5, 5.41) is 14.3. The summed E-state index contributed by atoms with van der Waals surface area (Å²) in [7, 11) is 0. The third-order valence-corrected chi connectivity index (χ3v) is 6.25. The first-order valence-corrected chi connectivity index (χ1v) is 12.5. The Labute approximate surface area is 220 Å². The van der Waals surface area contributed by atoms with Crippen LogP contribution in [0.2, 0.25) is 5.02 Å². The Hall–Kier alpha value is -3.39. The van der Waals surface area contributed by atoms with Crippen LogP contribution in [-0.4, -0.2) is 53.1 Å². The van der Waals surface area contributed by atoms with Crippen molar-refractivity contribution in [3.05, 3.63) is 106 Å². The molecule has 0 radical (unpaired) electrons. The number of halogens is 2. The number of rotatable bonds is 10. The normalized spacial score (nSPS) is 14.8. The van der Waals surface area contributed by atoms with Crippen molar-refractivity contribution in [1.82, 2.24) is 10.3 Å². The molecule has 0 saturated heterocycles. The van der Waals surface area contributed by atoms with Crippen LogP contribution >= 0.6 is 11.6 Å². The topological polar surface area (TPSA) is 83.8 Å². The first kappa shape index (κ1) is 26.7. The molecule has 6 nitrogen and oxygen atoms in total. The summed E-state index contributed by atoms with van der Waals surface area (Å²) in [6.07, 6.45) is 2.64. The van der Waals surface area contributed by atoms with Crippen molar-refractivity contribution in [2.75, 3.05) is 13.2 Å². The summed E-state index contributed by atoms with van der Waals surface area (Å²) < 4.78 is 20.7. The Morgan fingerprint density at radius 1 is 1.14 bits per heavy atom. The van der Waals surface area contributed by atoms with Crippen LogP contribution < -0.4 is 5.32 Å². The van der Waals surface area contributed by atoms with Gasteiger partial charge in [-0.2, -0.15) is 0 Å². The lowest BCUT2D eigenvalue weighted by atomic mass is 9.98. The van der Waals surface area contributed by atoms with Crippen molar-refractivity contribution in [3.8, 4) is 0 Å². The maximum Gasteiger partial charge on any atom is 0.252 e. The van der Waals surface area contributed by atoms with Gasteiger partial charge < -0.3 is 15.2 Å². The van der Waals surface area contributed by atoms with Gasteiger partial charge in [-0.1, -0.05) is 35.9 Å². The summed E-state index contributed by atoms with van der Waals surface area (Å²) in [5.41, 5.74) is 3.17. The molecule has 2 N–H and O–H groups in total. The van der Waals surface area contributed by atoms with Crippen molar-refractivity contribution in [2.24, 2.45) is 4.99 Å². The molecule has 0 fully saturated rings. The van der Waals surface area contributed by atoms with Crippen LogP contribution in [0.3, 0.4) is 0 Å². The average molecular weight is 522 g/mol. The molecule has 2 aromatic carbocycles. The number of carbonyl (C=O) groups is 1. The number of amides is 1. The predicted molar refractivity (Wildman–Crippen MR) is 144 cm³/mol. The predicted octanol–water partition coefficient (Wildman–Crippen LogP) is 4.89. The van der Waals surface area contributed by atoms with E-state index in [4.69, 9.17) is 16.3 Å². The molecule has 0 saturated carbocycles. The molecule has 0 aliphatic carbocycles. The molecule has 4 rings (SSSR count). The number of nitrogens with one attached hydrogen (secondary N) is 1. The van der Waals surface area contributed by atoms with E-state index in [-0.39, 0.29) is 30.3 Å². The standard InChI is InChI=1S/C29H29ClFN3O3/c1-18(2)37-17-27(35)25(15-22-6-3-4-13-32-22)34-29(36)23-7-5-8-24(31)28(23)26-14-20(16-33-26)19-9-11-21(30)12-10-19/h3-14,18,25,27,35H,15-17H2,1-2H3,(H,34,36)/t25-,27-/m1/s1. The third-order valence-electron chi connectivity index (χ3n) is 6.00. The lowest BCUT2D eigenvalue weighted by molar-refractivity contribution is -0.00923. The molecule has 0 unspecified atom stereocenters. The largest absolute Gasteiger partial charge is 0.389 e. The monoisotopic (exact) mass is 521 g/mol. The molecular formula is C29H29ClFN3O3. The van der Waals surface area contributed by atoms with Crippen LogP contribution in [0.1, 0.15) is 41.0 Å². The van der Waals surface area contributed by atoms with E-state index in [1.165, 1.54) is 12.1 Å². The zero-order valence-corrected chi connectivity index (χ0v) is 21.5. The maximum absolute atomic E-state index is 15.1. The van der Waals surface area contributed by atoms with E-state index in [1.807, 2.05) is 38.1 Å². The van der Waals surface area contributed by atoms with E-state index < -0.39 is 23.9 Å². The highest BCUT2D eigenvalue weighted by atomic mass is 35.5. The fourth-order valence-electron chi connectivity index (χ4n) is 4.07. The molecule has 0 bridgehead atoms. The number of aromatic nitrogens is 1. The number of pyridine rings is 1. The van der Waals surface area contributed by atoms with Gasteiger partial charge in [0.15, 0.2) is 0 Å². The average Bonchev–Trinajstić information content (AvgIpc) is 3.37. The minimum absolute atomic E-state index is 0.0331. The van der Waals surface area contributed by atoms with Gasteiger partial charge in [0.05, 0.1) is 42.7 Å². The summed E-state index contributed by atoms with van der Waals surface area (Å²) in [4.78, 5) is 22.3. The zero-order chi connectivity index (χ0) is 26.4. The molecule has 192 valence electrons.